The van der Waals surface area contributed by atoms with Crippen LogP contribution in [0.4, 0.5) is 14.6 Å². The molecule has 10 heteroatoms. The van der Waals surface area contributed by atoms with Crippen molar-refractivity contribution in [2.24, 2.45) is 0 Å². The number of likely N-dealkylation sites (N-methyl/N-ethyl adjacent to an activating group) is 1. The number of nitrogens with zero attached hydrogens (tertiary/aromatic N) is 5. The third-order valence-corrected chi connectivity index (χ3v) is 7.07. The Bertz CT molecular complexity index is 1300. The first-order chi connectivity index (χ1) is 17.8. The van der Waals surface area contributed by atoms with Gasteiger partial charge >= 0.3 is 0 Å². The average molecular weight is 512 g/mol. The molecular weight excluding hydrogens is 480 g/mol. The van der Waals surface area contributed by atoms with Crippen molar-refractivity contribution < 1.29 is 23.0 Å². The number of benzene rings is 2. The molecule has 0 saturated carbocycles. The van der Waals surface area contributed by atoms with Gasteiger partial charge in [-0.25, -0.2) is 13.8 Å². The lowest BCUT2D eigenvalue weighted by atomic mass is 10.0. The normalized spacial score (nSPS) is 19.0. The van der Waals surface area contributed by atoms with E-state index >= 15 is 0 Å². The van der Waals surface area contributed by atoms with Gasteiger partial charge in [0.05, 0.1) is 30.4 Å². The van der Waals surface area contributed by atoms with Crippen LogP contribution < -0.4 is 9.64 Å². The minimum atomic E-state index is -0.989. The number of hydrogen-bond acceptors (Lipinski definition) is 7. The van der Waals surface area contributed by atoms with E-state index in [-0.39, 0.29) is 11.7 Å². The highest BCUT2D eigenvalue weighted by atomic mass is 19.2. The second-order valence-corrected chi connectivity index (χ2v) is 9.75. The van der Waals surface area contributed by atoms with Gasteiger partial charge < -0.3 is 24.2 Å². The van der Waals surface area contributed by atoms with Gasteiger partial charge in [0.2, 0.25) is 0 Å². The quantitative estimate of drug-likeness (QED) is 0.500. The Morgan fingerprint density at radius 1 is 1.14 bits per heavy atom. The zero-order chi connectivity index (χ0) is 26.1. The van der Waals surface area contributed by atoms with Crippen LogP contribution in [0.1, 0.15) is 35.4 Å². The third kappa shape index (κ3) is 5.35. The van der Waals surface area contributed by atoms with E-state index in [2.05, 4.69) is 14.8 Å². The molecule has 3 aromatic rings. The van der Waals surface area contributed by atoms with Crippen LogP contribution in [-0.2, 0) is 4.74 Å². The molecule has 2 aromatic carbocycles. The zero-order valence-corrected chi connectivity index (χ0v) is 21.3. The number of anilines is 1. The number of morpholine rings is 1. The van der Waals surface area contributed by atoms with Crippen LogP contribution in [0.25, 0.3) is 11.0 Å². The van der Waals surface area contributed by atoms with E-state index in [1.165, 1.54) is 6.07 Å². The van der Waals surface area contributed by atoms with Crippen molar-refractivity contribution in [3.63, 3.8) is 0 Å². The molecule has 2 fully saturated rings. The van der Waals surface area contributed by atoms with Crippen LogP contribution in [0.15, 0.2) is 36.5 Å². The highest BCUT2D eigenvalue weighted by Gasteiger charge is 2.29. The third-order valence-electron chi connectivity index (χ3n) is 7.07. The summed E-state index contributed by atoms with van der Waals surface area (Å²) >= 11 is 0. The van der Waals surface area contributed by atoms with E-state index in [0.717, 1.165) is 18.6 Å². The van der Waals surface area contributed by atoms with Gasteiger partial charge in [-0.3, -0.25) is 9.78 Å². The van der Waals surface area contributed by atoms with Crippen LogP contribution in [0.2, 0.25) is 0 Å². The van der Waals surface area contributed by atoms with Crippen LogP contribution in [0, 0.1) is 11.6 Å². The number of carbonyl (C=O) groups is 1. The molecule has 37 heavy (non-hydrogen) atoms. The van der Waals surface area contributed by atoms with Crippen molar-refractivity contribution in [1.29, 1.82) is 0 Å². The number of amides is 1. The first-order valence-electron chi connectivity index (χ1n) is 12.5. The molecule has 0 bridgehead atoms. The average Bonchev–Trinajstić information content (AvgIpc) is 3.41. The van der Waals surface area contributed by atoms with Gasteiger partial charge in [0.15, 0.2) is 11.6 Å². The van der Waals surface area contributed by atoms with Gasteiger partial charge in [0, 0.05) is 49.4 Å². The maximum Gasteiger partial charge on any atom is 0.253 e. The summed E-state index contributed by atoms with van der Waals surface area (Å²) < 4.78 is 38.7. The van der Waals surface area contributed by atoms with Crippen molar-refractivity contribution in [3.05, 3.63) is 59.3 Å². The van der Waals surface area contributed by atoms with E-state index in [9.17, 15) is 13.6 Å². The first-order valence-corrected chi connectivity index (χ1v) is 12.5. The lowest BCUT2D eigenvalue weighted by Gasteiger charge is -2.28. The Hall–Kier alpha value is -3.37. The Morgan fingerprint density at radius 3 is 2.62 bits per heavy atom. The minimum absolute atomic E-state index is 0.0772. The molecule has 0 N–H and O–H groups in total. The highest BCUT2D eigenvalue weighted by molar-refractivity contribution is 5.98. The molecule has 2 aliphatic rings. The Balaban J connectivity index is 1.52. The topological polar surface area (TPSA) is 71.0 Å². The number of fused-ring (bicyclic) bond motifs is 1. The molecule has 3 heterocycles. The standard InChI is InChI=1S/C27H31F2N5O3/c1-17(37-20-4-5-22(28)23(29)14-20)21-12-18(27(35)34-7-6-19(16-34)32(2)3)13-24-26(21)31-25(15-30-24)33-8-10-36-11-9-33/h4-5,12-15,17,19H,6-11,16H2,1-3H3/t17?,19-/m0/s1. The molecular formula is C27H31F2N5O3. The molecule has 0 spiro atoms. The van der Waals surface area contributed by atoms with E-state index in [1.807, 2.05) is 19.0 Å². The Labute approximate surface area is 214 Å². The number of aromatic nitrogens is 2. The Kier molecular flexibility index (Phi) is 7.21. The number of halogens is 2. The zero-order valence-electron chi connectivity index (χ0n) is 21.3. The molecule has 1 aromatic heterocycles. The summed E-state index contributed by atoms with van der Waals surface area (Å²) in [5, 5.41) is 0. The van der Waals surface area contributed by atoms with Crippen LogP contribution in [0.5, 0.6) is 5.75 Å². The van der Waals surface area contributed by atoms with E-state index in [1.54, 1.807) is 25.3 Å². The number of carbonyl (C=O) groups excluding carboxylic acids is 1. The summed E-state index contributed by atoms with van der Waals surface area (Å²) in [7, 11) is 4.04. The smallest absolute Gasteiger partial charge is 0.253 e. The lowest BCUT2D eigenvalue weighted by molar-refractivity contribution is 0.0783. The number of ether oxygens (including phenoxy) is 2. The predicted octanol–water partition coefficient (Wildman–Crippen LogP) is 3.66. The molecule has 8 nitrogen and oxygen atoms in total. The summed E-state index contributed by atoms with van der Waals surface area (Å²) in [5.41, 5.74) is 2.32. The number of hydrogen-bond donors (Lipinski definition) is 0. The predicted molar refractivity (Wildman–Crippen MR) is 136 cm³/mol. The van der Waals surface area contributed by atoms with E-state index in [0.29, 0.717) is 73.4 Å². The van der Waals surface area contributed by atoms with Crippen molar-refractivity contribution in [3.8, 4) is 5.75 Å². The second kappa shape index (κ2) is 10.5. The maximum atomic E-state index is 13.8. The van der Waals surface area contributed by atoms with Crippen LogP contribution in [-0.4, -0.2) is 85.2 Å². The summed E-state index contributed by atoms with van der Waals surface area (Å²) in [6.45, 7) is 5.76. The summed E-state index contributed by atoms with van der Waals surface area (Å²) in [6.07, 6.45) is 2.02. The molecule has 1 amide bonds. The SMILES string of the molecule is CC(Oc1ccc(F)c(F)c1)c1cc(C(=O)N2CC[C@H](N(C)C)C2)cc2ncc(N3CCOCC3)nc12. The molecule has 1 unspecified atom stereocenters. The van der Waals surface area contributed by atoms with Crippen LogP contribution in [0.3, 0.4) is 0 Å². The molecule has 2 saturated heterocycles. The summed E-state index contributed by atoms with van der Waals surface area (Å²) in [5.74, 6) is -1.11. The fourth-order valence-electron chi connectivity index (χ4n) is 4.86. The minimum Gasteiger partial charge on any atom is -0.486 e. The fraction of sp³-hybridized carbons (Fsp3) is 0.444. The highest BCUT2D eigenvalue weighted by Crippen LogP contribution is 2.31. The molecule has 2 atom stereocenters. The maximum absolute atomic E-state index is 13.8. The van der Waals surface area contributed by atoms with Gasteiger partial charge in [-0.15, -0.1) is 0 Å². The van der Waals surface area contributed by atoms with Crippen molar-refractivity contribution in [2.45, 2.75) is 25.5 Å². The second-order valence-electron chi connectivity index (χ2n) is 9.75. The van der Waals surface area contributed by atoms with E-state index < -0.39 is 17.7 Å². The van der Waals surface area contributed by atoms with Gasteiger partial charge in [-0.2, -0.15) is 0 Å². The van der Waals surface area contributed by atoms with Gasteiger partial charge in [0.25, 0.3) is 5.91 Å². The fourth-order valence-corrected chi connectivity index (χ4v) is 4.86. The van der Waals surface area contributed by atoms with Gasteiger partial charge in [-0.05, 0) is 51.7 Å². The largest absolute Gasteiger partial charge is 0.486 e. The van der Waals surface area contributed by atoms with Crippen molar-refractivity contribution in [1.82, 2.24) is 19.8 Å². The monoisotopic (exact) mass is 511 g/mol. The summed E-state index contributed by atoms with van der Waals surface area (Å²) in [4.78, 5) is 29.1. The van der Waals surface area contributed by atoms with Gasteiger partial charge in [-0.1, -0.05) is 0 Å². The molecule has 0 aliphatic carbocycles. The molecule has 2 aliphatic heterocycles. The van der Waals surface area contributed by atoms with Crippen molar-refractivity contribution in [2.75, 3.05) is 58.4 Å². The van der Waals surface area contributed by atoms with Crippen LogP contribution >= 0.6 is 0 Å². The lowest BCUT2D eigenvalue weighted by Crippen LogP contribution is -2.36. The summed E-state index contributed by atoms with van der Waals surface area (Å²) in [6, 6.07) is 7.29. The number of likely N-dealkylation sites (tertiary alicyclic amines) is 1. The molecule has 0 radical (unpaired) electrons. The molecule has 196 valence electrons. The van der Waals surface area contributed by atoms with Crippen molar-refractivity contribution >= 4 is 22.8 Å². The molecule has 5 rings (SSSR count). The van der Waals surface area contributed by atoms with Gasteiger partial charge in [0.1, 0.15) is 17.7 Å². The first kappa shape index (κ1) is 25.3. The number of rotatable bonds is 6. The Morgan fingerprint density at radius 2 is 1.92 bits per heavy atom. The van der Waals surface area contributed by atoms with E-state index in [4.69, 9.17) is 14.5 Å².